The molecule has 3 heterocycles. The van der Waals surface area contributed by atoms with Crippen molar-refractivity contribution in [1.82, 2.24) is 14.9 Å². The van der Waals surface area contributed by atoms with E-state index in [0.29, 0.717) is 0 Å². The quantitative estimate of drug-likeness (QED) is 0.767. The lowest BCUT2D eigenvalue weighted by Crippen LogP contribution is -2.25. The first kappa shape index (κ1) is 16.1. The molecule has 126 valence electrons. The number of hydrogen-bond donors (Lipinski definition) is 1. The lowest BCUT2D eigenvalue weighted by molar-refractivity contribution is 0.271. The van der Waals surface area contributed by atoms with Gasteiger partial charge in [-0.05, 0) is 17.7 Å². The Balaban J connectivity index is 1.56. The van der Waals surface area contributed by atoms with Crippen LogP contribution in [-0.2, 0) is 13.1 Å². The summed E-state index contributed by atoms with van der Waals surface area (Å²) in [5.41, 5.74) is 5.61. The fraction of sp³-hybridized carbons (Fsp3) is 0.200. The maximum atomic E-state index is 6.26. The Morgan fingerprint density at radius 3 is 2.84 bits per heavy atom. The molecule has 4 nitrogen and oxygen atoms in total. The number of aromatic nitrogens is 2. The van der Waals surface area contributed by atoms with Crippen LogP contribution >= 0.6 is 11.6 Å². The third kappa shape index (κ3) is 3.65. The normalized spacial score (nSPS) is 14.4. The summed E-state index contributed by atoms with van der Waals surface area (Å²) in [5.74, 6) is 0. The van der Waals surface area contributed by atoms with Gasteiger partial charge in [0.1, 0.15) is 0 Å². The number of nitrogens with one attached hydrogen (secondary N) is 1. The van der Waals surface area contributed by atoms with Crippen LogP contribution in [0.4, 0.5) is 5.69 Å². The van der Waals surface area contributed by atoms with Gasteiger partial charge in [-0.2, -0.15) is 0 Å². The van der Waals surface area contributed by atoms with E-state index in [1.165, 1.54) is 5.56 Å². The molecule has 0 bridgehead atoms. The number of anilines is 1. The van der Waals surface area contributed by atoms with Crippen molar-refractivity contribution in [2.75, 3.05) is 18.4 Å². The van der Waals surface area contributed by atoms with Crippen LogP contribution in [0.5, 0.6) is 0 Å². The molecule has 0 fully saturated rings. The van der Waals surface area contributed by atoms with Crippen molar-refractivity contribution in [2.45, 2.75) is 13.1 Å². The summed E-state index contributed by atoms with van der Waals surface area (Å²) in [6.45, 7) is 3.51. The molecule has 0 amide bonds. The molecule has 0 saturated heterocycles. The average molecular weight is 351 g/mol. The van der Waals surface area contributed by atoms with Crippen LogP contribution in [0.25, 0.3) is 11.3 Å². The van der Waals surface area contributed by atoms with E-state index in [-0.39, 0.29) is 0 Å². The number of hydrogen-bond acceptors (Lipinski definition) is 4. The molecule has 2 aromatic heterocycles. The summed E-state index contributed by atoms with van der Waals surface area (Å²) in [4.78, 5) is 11.1. The van der Waals surface area contributed by atoms with Crippen molar-refractivity contribution in [3.8, 4) is 11.3 Å². The van der Waals surface area contributed by atoms with Gasteiger partial charge in [0.15, 0.2) is 0 Å². The molecule has 25 heavy (non-hydrogen) atoms. The van der Waals surface area contributed by atoms with Crippen LogP contribution < -0.4 is 5.32 Å². The molecular formula is C20H19ClN4. The Morgan fingerprint density at radius 1 is 1.12 bits per heavy atom. The van der Waals surface area contributed by atoms with Gasteiger partial charge < -0.3 is 5.32 Å². The van der Waals surface area contributed by atoms with Gasteiger partial charge in [-0.15, -0.1) is 0 Å². The zero-order valence-corrected chi connectivity index (χ0v) is 14.6. The van der Waals surface area contributed by atoms with Crippen molar-refractivity contribution in [1.29, 1.82) is 0 Å². The van der Waals surface area contributed by atoms with Crippen molar-refractivity contribution >= 4 is 17.3 Å². The Bertz CT molecular complexity index is 867. The standard InChI is InChI=1S/C20H19ClN4/c21-18-12-22-7-6-16(18)13-25-9-8-23-20-10-19(24-11-17(20)14-25)15-4-2-1-3-5-15/h1-7,10-12,23H,8-9,13-14H2. The monoisotopic (exact) mass is 350 g/mol. The topological polar surface area (TPSA) is 41.1 Å². The van der Waals surface area contributed by atoms with Crippen LogP contribution in [-0.4, -0.2) is 28.0 Å². The molecule has 3 aromatic rings. The molecule has 1 aromatic carbocycles. The zero-order valence-electron chi connectivity index (χ0n) is 13.8. The summed E-state index contributed by atoms with van der Waals surface area (Å²) in [5, 5.41) is 4.26. The number of nitrogens with zero attached hydrogens (tertiary/aromatic N) is 3. The maximum Gasteiger partial charge on any atom is 0.0722 e. The number of pyridine rings is 2. The van der Waals surface area contributed by atoms with Crippen LogP contribution in [0.15, 0.2) is 61.1 Å². The molecule has 0 atom stereocenters. The van der Waals surface area contributed by atoms with E-state index in [2.05, 4.69) is 38.4 Å². The molecule has 5 heteroatoms. The number of rotatable bonds is 3. The molecule has 0 unspecified atom stereocenters. The Morgan fingerprint density at radius 2 is 2.00 bits per heavy atom. The van der Waals surface area contributed by atoms with E-state index < -0.39 is 0 Å². The first-order chi connectivity index (χ1) is 12.3. The van der Waals surface area contributed by atoms with Gasteiger partial charge >= 0.3 is 0 Å². The highest BCUT2D eigenvalue weighted by Gasteiger charge is 2.16. The SMILES string of the molecule is Clc1cnccc1CN1CCNc2cc(-c3ccccc3)ncc2C1. The summed E-state index contributed by atoms with van der Waals surface area (Å²) < 4.78 is 0. The number of fused-ring (bicyclic) bond motifs is 1. The van der Waals surface area contributed by atoms with Gasteiger partial charge in [0.25, 0.3) is 0 Å². The average Bonchev–Trinajstić information content (AvgIpc) is 2.85. The van der Waals surface area contributed by atoms with Gasteiger partial charge in [-0.25, -0.2) is 0 Å². The second-order valence-corrected chi connectivity index (χ2v) is 6.60. The van der Waals surface area contributed by atoms with Gasteiger partial charge in [-0.1, -0.05) is 41.9 Å². The fourth-order valence-corrected chi connectivity index (χ4v) is 3.30. The van der Waals surface area contributed by atoms with Crippen LogP contribution in [0.3, 0.4) is 0 Å². The summed E-state index contributed by atoms with van der Waals surface area (Å²) in [6, 6.07) is 14.4. The predicted octanol–water partition coefficient (Wildman–Crippen LogP) is 4.22. The molecule has 0 saturated carbocycles. The molecule has 0 spiro atoms. The van der Waals surface area contributed by atoms with E-state index in [4.69, 9.17) is 11.6 Å². The van der Waals surface area contributed by atoms with Crippen LogP contribution in [0.1, 0.15) is 11.1 Å². The minimum Gasteiger partial charge on any atom is -0.383 e. The summed E-state index contributed by atoms with van der Waals surface area (Å²) in [6.07, 6.45) is 5.48. The molecule has 4 rings (SSSR count). The number of halogens is 1. The Labute approximate surface area is 152 Å². The van der Waals surface area contributed by atoms with Crippen LogP contribution in [0.2, 0.25) is 5.02 Å². The van der Waals surface area contributed by atoms with Crippen LogP contribution in [0, 0.1) is 0 Å². The second kappa shape index (κ2) is 7.21. The van der Waals surface area contributed by atoms with Crippen molar-refractivity contribution in [3.05, 3.63) is 77.2 Å². The maximum absolute atomic E-state index is 6.26. The highest BCUT2D eigenvalue weighted by molar-refractivity contribution is 6.31. The van der Waals surface area contributed by atoms with E-state index in [9.17, 15) is 0 Å². The molecule has 1 N–H and O–H groups in total. The Hall–Kier alpha value is -2.43. The molecule has 1 aliphatic rings. The van der Waals surface area contributed by atoms with Crippen molar-refractivity contribution in [2.24, 2.45) is 0 Å². The zero-order chi connectivity index (χ0) is 17.1. The number of benzene rings is 1. The third-order valence-electron chi connectivity index (χ3n) is 4.44. The van der Waals surface area contributed by atoms with Gasteiger partial charge in [0.2, 0.25) is 0 Å². The highest BCUT2D eigenvalue weighted by atomic mass is 35.5. The largest absolute Gasteiger partial charge is 0.383 e. The van der Waals surface area contributed by atoms with E-state index in [0.717, 1.165) is 53.7 Å². The predicted molar refractivity (Wildman–Crippen MR) is 102 cm³/mol. The summed E-state index contributed by atoms with van der Waals surface area (Å²) in [7, 11) is 0. The summed E-state index contributed by atoms with van der Waals surface area (Å²) >= 11 is 6.26. The highest BCUT2D eigenvalue weighted by Crippen LogP contribution is 2.26. The molecule has 0 aliphatic carbocycles. The minimum absolute atomic E-state index is 0.720. The smallest absolute Gasteiger partial charge is 0.0722 e. The first-order valence-corrected chi connectivity index (χ1v) is 8.76. The molecule has 1 aliphatic heterocycles. The molecular weight excluding hydrogens is 332 g/mol. The Kier molecular flexibility index (Phi) is 4.63. The van der Waals surface area contributed by atoms with E-state index >= 15 is 0 Å². The fourth-order valence-electron chi connectivity index (χ4n) is 3.12. The van der Waals surface area contributed by atoms with Gasteiger partial charge in [-0.3, -0.25) is 14.9 Å². The van der Waals surface area contributed by atoms with Gasteiger partial charge in [0, 0.05) is 61.6 Å². The van der Waals surface area contributed by atoms with E-state index in [1.54, 1.807) is 12.4 Å². The second-order valence-electron chi connectivity index (χ2n) is 6.20. The lowest BCUT2D eigenvalue weighted by Gasteiger charge is -2.20. The third-order valence-corrected chi connectivity index (χ3v) is 4.78. The van der Waals surface area contributed by atoms with Crippen molar-refractivity contribution < 1.29 is 0 Å². The van der Waals surface area contributed by atoms with Crippen molar-refractivity contribution in [3.63, 3.8) is 0 Å². The lowest BCUT2D eigenvalue weighted by atomic mass is 10.1. The minimum atomic E-state index is 0.720. The van der Waals surface area contributed by atoms with E-state index in [1.807, 2.05) is 30.5 Å². The molecule has 0 radical (unpaired) electrons. The van der Waals surface area contributed by atoms with Gasteiger partial charge in [0.05, 0.1) is 10.7 Å². The first-order valence-electron chi connectivity index (χ1n) is 8.38.